The van der Waals surface area contributed by atoms with E-state index in [4.69, 9.17) is 21.7 Å². The van der Waals surface area contributed by atoms with Gasteiger partial charge in [0.1, 0.15) is 0 Å². The van der Waals surface area contributed by atoms with E-state index in [0.29, 0.717) is 25.3 Å². The van der Waals surface area contributed by atoms with Gasteiger partial charge in [0.15, 0.2) is 5.82 Å². The van der Waals surface area contributed by atoms with E-state index in [9.17, 15) is 0 Å². The Balaban J connectivity index is 3.14. The van der Waals surface area contributed by atoms with Gasteiger partial charge in [-0.15, -0.1) is 0 Å². The van der Waals surface area contributed by atoms with Crippen LogP contribution in [0, 0.1) is 0 Å². The molecule has 0 saturated heterocycles. The standard InChI is InChI=1S/C12H25N5O2/c1-12(2,3-4-13)17-11(10(14)9-15-17)16(5-7-18)6-8-19/h9,18-19H,3-8,13-14H2,1-2H3. The molecule has 1 rings (SSSR count). The van der Waals surface area contributed by atoms with Crippen LogP contribution in [0.4, 0.5) is 11.5 Å². The normalized spacial score (nSPS) is 11.8. The summed E-state index contributed by atoms with van der Waals surface area (Å²) in [6.45, 7) is 5.39. The molecule has 6 N–H and O–H groups in total. The first-order chi connectivity index (χ1) is 8.97. The zero-order valence-electron chi connectivity index (χ0n) is 11.7. The molecular weight excluding hydrogens is 246 g/mol. The van der Waals surface area contributed by atoms with Crippen LogP contribution in [-0.4, -0.2) is 52.8 Å². The topological polar surface area (TPSA) is 114 Å². The second-order valence-electron chi connectivity index (χ2n) is 5.12. The molecule has 0 aromatic carbocycles. The molecule has 0 unspecified atom stereocenters. The molecule has 0 aliphatic heterocycles. The van der Waals surface area contributed by atoms with E-state index >= 15 is 0 Å². The summed E-state index contributed by atoms with van der Waals surface area (Å²) in [6, 6.07) is 0. The van der Waals surface area contributed by atoms with Crippen molar-refractivity contribution in [1.29, 1.82) is 0 Å². The molecular formula is C12H25N5O2. The minimum atomic E-state index is -0.273. The summed E-state index contributed by atoms with van der Waals surface area (Å²) >= 11 is 0. The van der Waals surface area contributed by atoms with E-state index in [1.54, 1.807) is 6.20 Å². The molecule has 7 nitrogen and oxygen atoms in total. The lowest BCUT2D eigenvalue weighted by Gasteiger charge is -2.32. The number of hydrogen-bond donors (Lipinski definition) is 4. The van der Waals surface area contributed by atoms with Crippen molar-refractivity contribution in [2.24, 2.45) is 5.73 Å². The molecule has 0 aliphatic rings. The van der Waals surface area contributed by atoms with E-state index in [-0.39, 0.29) is 18.8 Å². The van der Waals surface area contributed by atoms with Crippen molar-refractivity contribution < 1.29 is 10.2 Å². The predicted octanol–water partition coefficient (Wildman–Crippen LogP) is -0.660. The molecule has 7 heteroatoms. The number of aromatic nitrogens is 2. The molecule has 0 spiro atoms. The fraction of sp³-hybridized carbons (Fsp3) is 0.750. The Hall–Kier alpha value is -1.31. The summed E-state index contributed by atoms with van der Waals surface area (Å²) in [5.74, 6) is 0.724. The van der Waals surface area contributed by atoms with E-state index in [1.165, 1.54) is 0 Å². The van der Waals surface area contributed by atoms with Gasteiger partial charge in [-0.2, -0.15) is 5.10 Å². The average molecular weight is 271 g/mol. The van der Waals surface area contributed by atoms with E-state index in [0.717, 1.165) is 12.2 Å². The van der Waals surface area contributed by atoms with Crippen LogP contribution < -0.4 is 16.4 Å². The van der Waals surface area contributed by atoms with Crippen molar-refractivity contribution in [2.75, 3.05) is 43.5 Å². The van der Waals surface area contributed by atoms with Gasteiger partial charge in [0.25, 0.3) is 0 Å². The summed E-state index contributed by atoms with van der Waals surface area (Å²) < 4.78 is 1.82. The number of hydrogen-bond acceptors (Lipinski definition) is 6. The van der Waals surface area contributed by atoms with Gasteiger partial charge >= 0.3 is 0 Å². The highest BCUT2D eigenvalue weighted by molar-refractivity contribution is 5.63. The summed E-state index contributed by atoms with van der Waals surface area (Å²) in [5.41, 5.74) is 11.9. The Morgan fingerprint density at radius 1 is 1.32 bits per heavy atom. The molecule has 1 heterocycles. The molecule has 0 aliphatic carbocycles. The number of rotatable bonds is 8. The maximum Gasteiger partial charge on any atom is 0.151 e. The molecule has 0 atom stereocenters. The van der Waals surface area contributed by atoms with Gasteiger partial charge in [0.2, 0.25) is 0 Å². The Kier molecular flexibility index (Phi) is 5.59. The highest BCUT2D eigenvalue weighted by atomic mass is 16.3. The maximum absolute atomic E-state index is 9.14. The number of anilines is 2. The smallest absolute Gasteiger partial charge is 0.151 e. The van der Waals surface area contributed by atoms with Gasteiger partial charge < -0.3 is 26.6 Å². The molecule has 0 fully saturated rings. The molecule has 0 radical (unpaired) electrons. The largest absolute Gasteiger partial charge is 0.395 e. The van der Waals surface area contributed by atoms with Gasteiger partial charge in [-0.05, 0) is 26.8 Å². The molecule has 19 heavy (non-hydrogen) atoms. The summed E-state index contributed by atoms with van der Waals surface area (Å²) in [6.07, 6.45) is 2.35. The quantitative estimate of drug-likeness (QED) is 0.499. The third-order valence-electron chi connectivity index (χ3n) is 3.14. The minimum Gasteiger partial charge on any atom is -0.395 e. The molecule has 1 aromatic heterocycles. The maximum atomic E-state index is 9.14. The van der Waals surface area contributed by atoms with E-state index in [2.05, 4.69) is 5.10 Å². The number of nitrogens with two attached hydrogens (primary N) is 2. The van der Waals surface area contributed by atoms with Crippen LogP contribution in [0.5, 0.6) is 0 Å². The molecule has 1 aromatic rings. The first-order valence-electron chi connectivity index (χ1n) is 6.48. The average Bonchev–Trinajstić information content (AvgIpc) is 2.71. The second-order valence-corrected chi connectivity index (χ2v) is 5.12. The van der Waals surface area contributed by atoms with Crippen molar-refractivity contribution in [3.05, 3.63) is 6.20 Å². The molecule has 0 saturated carbocycles. The number of aliphatic hydroxyl groups excluding tert-OH is 2. The highest BCUT2D eigenvalue weighted by Gasteiger charge is 2.27. The van der Waals surface area contributed by atoms with Gasteiger partial charge in [-0.25, -0.2) is 4.68 Å². The third-order valence-corrected chi connectivity index (χ3v) is 3.14. The van der Waals surface area contributed by atoms with Crippen LogP contribution in [0.3, 0.4) is 0 Å². The fourth-order valence-electron chi connectivity index (χ4n) is 2.14. The summed E-state index contributed by atoms with van der Waals surface area (Å²) in [7, 11) is 0. The third kappa shape index (κ3) is 3.59. The predicted molar refractivity (Wildman–Crippen MR) is 76.0 cm³/mol. The van der Waals surface area contributed by atoms with Crippen LogP contribution in [0.25, 0.3) is 0 Å². The number of nitrogens with zero attached hydrogens (tertiary/aromatic N) is 3. The SMILES string of the molecule is CC(C)(CCN)n1ncc(N)c1N(CCO)CCO. The minimum absolute atomic E-state index is 0.0120. The summed E-state index contributed by atoms with van der Waals surface area (Å²) in [4.78, 5) is 1.83. The zero-order chi connectivity index (χ0) is 14.5. The van der Waals surface area contributed by atoms with Crippen LogP contribution >= 0.6 is 0 Å². The number of aliphatic hydroxyl groups is 2. The Morgan fingerprint density at radius 3 is 2.37 bits per heavy atom. The van der Waals surface area contributed by atoms with Gasteiger partial charge in [0, 0.05) is 13.1 Å². The van der Waals surface area contributed by atoms with Crippen molar-refractivity contribution in [3.8, 4) is 0 Å². The van der Waals surface area contributed by atoms with Gasteiger partial charge in [0.05, 0.1) is 30.6 Å². The monoisotopic (exact) mass is 271 g/mol. The zero-order valence-corrected chi connectivity index (χ0v) is 11.7. The Labute approximate surface area is 113 Å². The van der Waals surface area contributed by atoms with Crippen molar-refractivity contribution in [1.82, 2.24) is 9.78 Å². The van der Waals surface area contributed by atoms with Crippen molar-refractivity contribution in [2.45, 2.75) is 25.8 Å². The first-order valence-corrected chi connectivity index (χ1v) is 6.48. The summed E-state index contributed by atoms with van der Waals surface area (Å²) in [5, 5.41) is 22.6. The second kappa shape index (κ2) is 6.74. The first kappa shape index (κ1) is 15.7. The highest BCUT2D eigenvalue weighted by Crippen LogP contribution is 2.30. The van der Waals surface area contributed by atoms with E-state index < -0.39 is 0 Å². The van der Waals surface area contributed by atoms with Gasteiger partial charge in [-0.1, -0.05) is 0 Å². The van der Waals surface area contributed by atoms with Crippen molar-refractivity contribution in [3.63, 3.8) is 0 Å². The van der Waals surface area contributed by atoms with Gasteiger partial charge in [-0.3, -0.25) is 0 Å². The number of nitrogen functional groups attached to an aromatic ring is 1. The fourth-order valence-corrected chi connectivity index (χ4v) is 2.14. The lowest BCUT2D eigenvalue weighted by Crippen LogP contribution is -2.37. The lowest BCUT2D eigenvalue weighted by atomic mass is 10.0. The molecule has 0 amide bonds. The molecule has 0 bridgehead atoms. The lowest BCUT2D eigenvalue weighted by molar-refractivity contribution is 0.270. The van der Waals surface area contributed by atoms with E-state index in [1.807, 2.05) is 23.4 Å². The van der Waals surface area contributed by atoms with Crippen LogP contribution in [0.2, 0.25) is 0 Å². The van der Waals surface area contributed by atoms with Crippen LogP contribution in [0.15, 0.2) is 6.20 Å². The van der Waals surface area contributed by atoms with Crippen LogP contribution in [-0.2, 0) is 5.54 Å². The van der Waals surface area contributed by atoms with Crippen LogP contribution in [0.1, 0.15) is 20.3 Å². The molecule has 110 valence electrons. The Bertz CT molecular complexity index is 385. The van der Waals surface area contributed by atoms with Crippen molar-refractivity contribution >= 4 is 11.5 Å². The Morgan fingerprint density at radius 2 is 1.89 bits per heavy atom.